The van der Waals surface area contributed by atoms with Crippen LogP contribution in [0.25, 0.3) is 0 Å². The van der Waals surface area contributed by atoms with Crippen LogP contribution < -0.4 is 4.74 Å². The summed E-state index contributed by atoms with van der Waals surface area (Å²) in [5.41, 5.74) is 1.11. The molecule has 0 atom stereocenters. The summed E-state index contributed by atoms with van der Waals surface area (Å²) in [7, 11) is 0. The summed E-state index contributed by atoms with van der Waals surface area (Å²) in [6, 6.07) is 7.75. The Bertz CT molecular complexity index is 341. The van der Waals surface area contributed by atoms with Crippen LogP contribution in [0, 0.1) is 0 Å². The molecule has 0 saturated heterocycles. The van der Waals surface area contributed by atoms with Gasteiger partial charge in [0.15, 0.2) is 0 Å². The third-order valence-corrected chi connectivity index (χ3v) is 2.04. The maximum atomic E-state index is 10.8. The smallest absolute Gasteiger partial charge is 0.330 e. The highest BCUT2D eigenvalue weighted by Crippen LogP contribution is 2.12. The monoisotopic (exact) mass is 220 g/mol. The van der Waals surface area contributed by atoms with E-state index in [0.717, 1.165) is 17.4 Å². The zero-order chi connectivity index (χ0) is 11.8. The molecule has 16 heavy (non-hydrogen) atoms. The molecule has 0 fully saturated rings. The minimum Gasteiger partial charge on any atom is -0.494 e. The normalized spacial score (nSPS) is 9.56. The Morgan fingerprint density at radius 3 is 2.62 bits per heavy atom. The van der Waals surface area contributed by atoms with Crippen LogP contribution in [0.5, 0.6) is 5.75 Å². The molecule has 3 heteroatoms. The molecule has 0 aliphatic rings. The number of hydrogen-bond acceptors (Lipinski definition) is 3. The lowest BCUT2D eigenvalue weighted by atomic mass is 10.1. The van der Waals surface area contributed by atoms with Gasteiger partial charge in [-0.05, 0) is 24.6 Å². The predicted octanol–water partition coefficient (Wildman–Crippen LogP) is 2.36. The number of ether oxygens (including phenoxy) is 2. The molecule has 0 radical (unpaired) electrons. The molecule has 0 N–H and O–H groups in total. The van der Waals surface area contributed by atoms with Gasteiger partial charge in [0.1, 0.15) is 5.75 Å². The van der Waals surface area contributed by atoms with Gasteiger partial charge in [0.05, 0.1) is 13.2 Å². The van der Waals surface area contributed by atoms with Crippen molar-refractivity contribution in [3.8, 4) is 5.75 Å². The van der Waals surface area contributed by atoms with Crippen molar-refractivity contribution >= 4 is 5.97 Å². The van der Waals surface area contributed by atoms with Crippen molar-refractivity contribution in [1.29, 1.82) is 0 Å². The zero-order valence-electron chi connectivity index (χ0n) is 9.44. The maximum absolute atomic E-state index is 10.8. The first-order chi connectivity index (χ1) is 7.76. The lowest BCUT2D eigenvalue weighted by Gasteiger charge is -2.05. The molecule has 1 aromatic carbocycles. The molecule has 0 saturated carbocycles. The summed E-state index contributed by atoms with van der Waals surface area (Å²) in [6.07, 6.45) is 1.87. The molecule has 0 aliphatic carbocycles. The third-order valence-electron chi connectivity index (χ3n) is 2.04. The molecule has 0 aliphatic heterocycles. The van der Waals surface area contributed by atoms with E-state index < -0.39 is 0 Å². The van der Waals surface area contributed by atoms with E-state index in [0.29, 0.717) is 19.6 Å². The van der Waals surface area contributed by atoms with E-state index in [1.165, 1.54) is 0 Å². The first kappa shape index (κ1) is 12.3. The van der Waals surface area contributed by atoms with Crippen molar-refractivity contribution in [1.82, 2.24) is 0 Å². The summed E-state index contributed by atoms with van der Waals surface area (Å²) in [5.74, 6) is 0.472. The molecule has 0 unspecified atom stereocenters. The first-order valence-electron chi connectivity index (χ1n) is 5.27. The third kappa shape index (κ3) is 4.17. The topological polar surface area (TPSA) is 35.5 Å². The Morgan fingerprint density at radius 2 is 2.06 bits per heavy atom. The van der Waals surface area contributed by atoms with Gasteiger partial charge < -0.3 is 9.47 Å². The lowest BCUT2D eigenvalue weighted by Crippen LogP contribution is -2.04. The second-order valence-corrected chi connectivity index (χ2v) is 3.20. The van der Waals surface area contributed by atoms with Crippen LogP contribution in [0.1, 0.15) is 12.5 Å². The van der Waals surface area contributed by atoms with Gasteiger partial charge in [0.2, 0.25) is 0 Å². The van der Waals surface area contributed by atoms with Crippen molar-refractivity contribution in [2.75, 3.05) is 13.2 Å². The summed E-state index contributed by atoms with van der Waals surface area (Å²) < 4.78 is 10.2. The fourth-order valence-corrected chi connectivity index (χ4v) is 1.25. The average Bonchev–Trinajstić information content (AvgIpc) is 2.31. The van der Waals surface area contributed by atoms with Crippen LogP contribution in [-0.4, -0.2) is 19.2 Å². The second kappa shape index (κ2) is 6.67. The van der Waals surface area contributed by atoms with Crippen molar-refractivity contribution < 1.29 is 14.3 Å². The number of esters is 1. The molecule has 0 aromatic heterocycles. The summed E-state index contributed by atoms with van der Waals surface area (Å²) in [5, 5.41) is 0. The quantitative estimate of drug-likeness (QED) is 0.545. The summed E-state index contributed by atoms with van der Waals surface area (Å²) in [4.78, 5) is 10.8. The molecular formula is C13H16O3. The Balaban J connectivity index is 2.37. The highest BCUT2D eigenvalue weighted by atomic mass is 16.5. The van der Waals surface area contributed by atoms with Crippen LogP contribution >= 0.6 is 0 Å². The van der Waals surface area contributed by atoms with Gasteiger partial charge in [-0.2, -0.15) is 0 Å². The molecular weight excluding hydrogens is 204 g/mol. The van der Waals surface area contributed by atoms with Gasteiger partial charge in [-0.1, -0.05) is 18.7 Å². The van der Waals surface area contributed by atoms with E-state index >= 15 is 0 Å². The van der Waals surface area contributed by atoms with E-state index in [1.807, 2.05) is 31.2 Å². The van der Waals surface area contributed by atoms with Crippen LogP contribution in [0.2, 0.25) is 0 Å². The van der Waals surface area contributed by atoms with Gasteiger partial charge in [0.25, 0.3) is 0 Å². The van der Waals surface area contributed by atoms with E-state index in [4.69, 9.17) is 9.47 Å². The molecule has 0 heterocycles. The molecule has 0 amide bonds. The zero-order valence-corrected chi connectivity index (χ0v) is 9.44. The van der Waals surface area contributed by atoms with E-state index in [2.05, 4.69) is 6.58 Å². The summed E-state index contributed by atoms with van der Waals surface area (Å²) in [6.45, 7) is 6.31. The Hall–Kier alpha value is -1.77. The van der Waals surface area contributed by atoms with Crippen LogP contribution in [0.3, 0.4) is 0 Å². The van der Waals surface area contributed by atoms with Crippen molar-refractivity contribution in [3.63, 3.8) is 0 Å². The molecule has 0 bridgehead atoms. The van der Waals surface area contributed by atoms with Gasteiger partial charge in [-0.3, -0.25) is 0 Å². The predicted molar refractivity (Wildman–Crippen MR) is 62.5 cm³/mol. The van der Waals surface area contributed by atoms with Gasteiger partial charge in [-0.15, -0.1) is 0 Å². The molecule has 1 aromatic rings. The molecule has 3 nitrogen and oxygen atoms in total. The SMILES string of the molecule is C=CC(=O)OCCc1ccc(OCC)cc1. The standard InChI is InChI=1S/C13H16O3/c1-3-13(14)16-10-9-11-5-7-12(8-6-11)15-4-2/h3,5-8H,1,4,9-10H2,2H3. The Kier molecular flexibility index (Phi) is 5.12. The van der Waals surface area contributed by atoms with E-state index in [1.54, 1.807) is 0 Å². The second-order valence-electron chi connectivity index (χ2n) is 3.20. The van der Waals surface area contributed by atoms with Crippen molar-refractivity contribution in [2.24, 2.45) is 0 Å². The maximum Gasteiger partial charge on any atom is 0.330 e. The largest absolute Gasteiger partial charge is 0.494 e. The van der Waals surface area contributed by atoms with Gasteiger partial charge in [-0.25, -0.2) is 4.79 Å². The van der Waals surface area contributed by atoms with Crippen molar-refractivity contribution in [3.05, 3.63) is 42.5 Å². The fraction of sp³-hybridized carbons (Fsp3) is 0.308. The van der Waals surface area contributed by atoms with Gasteiger partial charge in [0, 0.05) is 12.5 Å². The van der Waals surface area contributed by atoms with E-state index in [9.17, 15) is 4.79 Å². The van der Waals surface area contributed by atoms with Crippen LogP contribution in [-0.2, 0) is 16.0 Å². The van der Waals surface area contributed by atoms with E-state index in [-0.39, 0.29) is 5.97 Å². The molecule has 86 valence electrons. The number of rotatable bonds is 6. The number of carbonyl (C=O) groups is 1. The highest BCUT2D eigenvalue weighted by Gasteiger charge is 1.98. The fourth-order valence-electron chi connectivity index (χ4n) is 1.25. The average molecular weight is 220 g/mol. The highest BCUT2D eigenvalue weighted by molar-refractivity contribution is 5.81. The van der Waals surface area contributed by atoms with Crippen LogP contribution in [0.4, 0.5) is 0 Å². The van der Waals surface area contributed by atoms with Gasteiger partial charge >= 0.3 is 5.97 Å². The number of hydrogen-bond donors (Lipinski definition) is 0. The molecule has 0 spiro atoms. The van der Waals surface area contributed by atoms with Crippen molar-refractivity contribution in [2.45, 2.75) is 13.3 Å². The minimum absolute atomic E-state index is 0.374. The lowest BCUT2D eigenvalue weighted by molar-refractivity contribution is -0.137. The number of carbonyl (C=O) groups excluding carboxylic acids is 1. The molecule has 1 rings (SSSR count). The Labute approximate surface area is 95.7 Å². The number of benzene rings is 1. The summed E-state index contributed by atoms with van der Waals surface area (Å²) >= 11 is 0. The first-order valence-corrected chi connectivity index (χ1v) is 5.27. The minimum atomic E-state index is -0.383. The Morgan fingerprint density at radius 1 is 1.38 bits per heavy atom. The van der Waals surface area contributed by atoms with Crippen LogP contribution in [0.15, 0.2) is 36.9 Å².